The second-order valence-electron chi connectivity index (χ2n) is 3.85. The van der Waals surface area contributed by atoms with Crippen LogP contribution in [0.25, 0.3) is 0 Å². The maximum Gasteiger partial charge on any atom is 0.264 e. The Kier molecular flexibility index (Phi) is 3.44. The maximum atomic E-state index is 12.0. The van der Waals surface area contributed by atoms with Crippen molar-refractivity contribution in [1.29, 1.82) is 0 Å². The van der Waals surface area contributed by atoms with E-state index in [1.807, 2.05) is 30.3 Å². The molecule has 0 aliphatic carbocycles. The van der Waals surface area contributed by atoms with E-state index in [-0.39, 0.29) is 5.91 Å². The van der Waals surface area contributed by atoms with Crippen molar-refractivity contribution >= 4 is 22.2 Å². The van der Waals surface area contributed by atoms with E-state index in [0.717, 1.165) is 5.56 Å². The number of carbonyl (C=O) groups is 1. The van der Waals surface area contributed by atoms with E-state index < -0.39 is 0 Å². The topological polar surface area (TPSA) is 46.3 Å². The highest BCUT2D eigenvalue weighted by atomic mass is 32.1. The highest BCUT2D eigenvalue weighted by Crippen LogP contribution is 2.20. The van der Waals surface area contributed by atoms with Gasteiger partial charge in [0.05, 0.1) is 9.88 Å². The molecule has 1 amide bonds. The summed E-state index contributed by atoms with van der Waals surface area (Å²) in [7, 11) is 1.80. The van der Waals surface area contributed by atoms with Crippen LogP contribution in [0.1, 0.15) is 15.2 Å². The summed E-state index contributed by atoms with van der Waals surface area (Å²) in [4.78, 5) is 14.4. The van der Waals surface area contributed by atoms with Crippen molar-refractivity contribution in [2.24, 2.45) is 0 Å². The standard InChI is InChI=1S/C13H14N2OS/c1-15(9-10-5-3-2-4-6-10)13(16)11-7-8-12(14)17-11/h2-8H,9,14H2,1H3. The molecule has 0 saturated carbocycles. The lowest BCUT2D eigenvalue weighted by atomic mass is 10.2. The second-order valence-corrected chi connectivity index (χ2v) is 4.96. The highest BCUT2D eigenvalue weighted by Gasteiger charge is 2.13. The molecule has 0 saturated heterocycles. The molecule has 0 atom stereocenters. The fourth-order valence-corrected chi connectivity index (χ4v) is 2.35. The fourth-order valence-electron chi connectivity index (χ4n) is 1.58. The van der Waals surface area contributed by atoms with Gasteiger partial charge in [0.25, 0.3) is 5.91 Å². The Morgan fingerprint density at radius 3 is 2.53 bits per heavy atom. The number of benzene rings is 1. The van der Waals surface area contributed by atoms with Crippen LogP contribution in [0.15, 0.2) is 42.5 Å². The van der Waals surface area contributed by atoms with Gasteiger partial charge in [-0.05, 0) is 17.7 Å². The molecule has 17 heavy (non-hydrogen) atoms. The van der Waals surface area contributed by atoms with Crippen LogP contribution in [0.2, 0.25) is 0 Å². The number of thiophene rings is 1. The summed E-state index contributed by atoms with van der Waals surface area (Å²) in [5.41, 5.74) is 6.74. The SMILES string of the molecule is CN(Cc1ccccc1)C(=O)c1ccc(N)s1. The highest BCUT2D eigenvalue weighted by molar-refractivity contribution is 7.17. The second kappa shape index (κ2) is 5.01. The molecule has 1 heterocycles. The fraction of sp³-hybridized carbons (Fsp3) is 0.154. The number of nitrogens with two attached hydrogens (primary N) is 1. The molecule has 0 aliphatic rings. The molecule has 0 fully saturated rings. The summed E-state index contributed by atoms with van der Waals surface area (Å²) in [6, 6.07) is 13.4. The van der Waals surface area contributed by atoms with Crippen molar-refractivity contribution in [2.75, 3.05) is 12.8 Å². The van der Waals surface area contributed by atoms with Gasteiger partial charge in [-0.3, -0.25) is 4.79 Å². The average molecular weight is 246 g/mol. The summed E-state index contributed by atoms with van der Waals surface area (Å²) in [6.07, 6.45) is 0. The van der Waals surface area contributed by atoms with Gasteiger partial charge in [-0.25, -0.2) is 0 Å². The number of rotatable bonds is 3. The van der Waals surface area contributed by atoms with Gasteiger partial charge in [0.15, 0.2) is 0 Å². The molecule has 2 aromatic rings. The molecule has 1 aromatic heterocycles. The summed E-state index contributed by atoms with van der Waals surface area (Å²) >= 11 is 1.32. The zero-order chi connectivity index (χ0) is 12.3. The normalized spacial score (nSPS) is 10.2. The van der Waals surface area contributed by atoms with Gasteiger partial charge in [-0.1, -0.05) is 30.3 Å². The first-order valence-electron chi connectivity index (χ1n) is 5.31. The number of carbonyl (C=O) groups excluding carboxylic acids is 1. The molecule has 0 bridgehead atoms. The van der Waals surface area contributed by atoms with Gasteiger partial charge in [-0.15, -0.1) is 11.3 Å². The Morgan fingerprint density at radius 1 is 1.24 bits per heavy atom. The zero-order valence-electron chi connectivity index (χ0n) is 9.59. The third-order valence-electron chi connectivity index (χ3n) is 2.45. The molecular weight excluding hydrogens is 232 g/mol. The van der Waals surface area contributed by atoms with Crippen LogP contribution in [0, 0.1) is 0 Å². The van der Waals surface area contributed by atoms with Crippen LogP contribution in [0.4, 0.5) is 5.00 Å². The van der Waals surface area contributed by atoms with Crippen LogP contribution in [-0.2, 0) is 6.54 Å². The van der Waals surface area contributed by atoms with E-state index in [2.05, 4.69) is 0 Å². The van der Waals surface area contributed by atoms with Crippen LogP contribution < -0.4 is 5.73 Å². The number of nitrogen functional groups attached to an aromatic ring is 1. The summed E-state index contributed by atoms with van der Waals surface area (Å²) in [5.74, 6) is 0.00977. The molecule has 0 aliphatic heterocycles. The number of hydrogen-bond acceptors (Lipinski definition) is 3. The first-order valence-corrected chi connectivity index (χ1v) is 6.13. The van der Waals surface area contributed by atoms with E-state index in [0.29, 0.717) is 16.4 Å². The molecule has 0 unspecified atom stereocenters. The minimum Gasteiger partial charge on any atom is -0.391 e. The Labute approximate surface area is 104 Å². The van der Waals surface area contributed by atoms with Crippen molar-refractivity contribution in [3.05, 3.63) is 52.9 Å². The molecule has 0 radical (unpaired) electrons. The monoisotopic (exact) mass is 246 g/mol. The third-order valence-corrected chi connectivity index (χ3v) is 3.35. The van der Waals surface area contributed by atoms with Crippen molar-refractivity contribution in [3.8, 4) is 0 Å². The lowest BCUT2D eigenvalue weighted by Crippen LogP contribution is -2.25. The maximum absolute atomic E-state index is 12.0. The summed E-state index contributed by atoms with van der Waals surface area (Å²) in [6.45, 7) is 0.609. The molecule has 88 valence electrons. The quantitative estimate of drug-likeness (QED) is 0.904. The summed E-state index contributed by atoms with van der Waals surface area (Å²) in [5, 5.41) is 0.668. The third kappa shape index (κ3) is 2.85. The minimum atomic E-state index is 0.00977. The van der Waals surface area contributed by atoms with E-state index in [9.17, 15) is 4.79 Å². The number of anilines is 1. The predicted molar refractivity (Wildman–Crippen MR) is 71.0 cm³/mol. The van der Waals surface area contributed by atoms with Crippen LogP contribution in [-0.4, -0.2) is 17.9 Å². The Bertz CT molecular complexity index is 507. The minimum absolute atomic E-state index is 0.00977. The van der Waals surface area contributed by atoms with Gasteiger partial charge in [0.2, 0.25) is 0 Å². The summed E-state index contributed by atoms with van der Waals surface area (Å²) < 4.78 is 0. The largest absolute Gasteiger partial charge is 0.391 e. The van der Waals surface area contributed by atoms with Gasteiger partial charge in [0, 0.05) is 13.6 Å². The Hall–Kier alpha value is -1.81. The van der Waals surface area contributed by atoms with E-state index in [4.69, 9.17) is 5.73 Å². The van der Waals surface area contributed by atoms with Gasteiger partial charge >= 0.3 is 0 Å². The van der Waals surface area contributed by atoms with E-state index >= 15 is 0 Å². The number of hydrogen-bond donors (Lipinski definition) is 1. The smallest absolute Gasteiger partial charge is 0.264 e. The van der Waals surface area contributed by atoms with Gasteiger partial charge in [0.1, 0.15) is 0 Å². The molecule has 4 heteroatoms. The van der Waals surface area contributed by atoms with Crippen LogP contribution in [0.3, 0.4) is 0 Å². The van der Waals surface area contributed by atoms with Crippen molar-refractivity contribution in [2.45, 2.75) is 6.54 Å². The van der Waals surface area contributed by atoms with Gasteiger partial charge in [-0.2, -0.15) is 0 Å². The molecule has 2 N–H and O–H groups in total. The Morgan fingerprint density at radius 2 is 1.94 bits per heavy atom. The van der Waals surface area contributed by atoms with E-state index in [1.54, 1.807) is 24.1 Å². The predicted octanol–water partition coefficient (Wildman–Crippen LogP) is 2.60. The van der Waals surface area contributed by atoms with E-state index in [1.165, 1.54) is 11.3 Å². The lowest BCUT2D eigenvalue weighted by molar-refractivity contribution is 0.0790. The molecule has 1 aromatic carbocycles. The van der Waals surface area contributed by atoms with Crippen LogP contribution >= 0.6 is 11.3 Å². The molecule has 2 rings (SSSR count). The van der Waals surface area contributed by atoms with Crippen molar-refractivity contribution in [3.63, 3.8) is 0 Å². The Balaban J connectivity index is 2.06. The first-order chi connectivity index (χ1) is 8.16. The van der Waals surface area contributed by atoms with Gasteiger partial charge < -0.3 is 10.6 Å². The average Bonchev–Trinajstić information content (AvgIpc) is 2.76. The molecule has 0 spiro atoms. The van der Waals surface area contributed by atoms with Crippen molar-refractivity contribution < 1.29 is 4.79 Å². The molecular formula is C13H14N2OS. The number of amides is 1. The number of nitrogens with zero attached hydrogens (tertiary/aromatic N) is 1. The first kappa shape index (κ1) is 11.7. The molecule has 3 nitrogen and oxygen atoms in total. The van der Waals surface area contributed by atoms with Crippen LogP contribution in [0.5, 0.6) is 0 Å². The lowest BCUT2D eigenvalue weighted by Gasteiger charge is -2.16. The zero-order valence-corrected chi connectivity index (χ0v) is 10.4. The van der Waals surface area contributed by atoms with Crippen molar-refractivity contribution in [1.82, 2.24) is 4.90 Å².